The lowest BCUT2D eigenvalue weighted by Gasteiger charge is -2.01. The zero-order valence-corrected chi connectivity index (χ0v) is 52.5. The number of thiazole rings is 2. The molecule has 0 N–H and O–H groups in total. The molecule has 420 valence electrons. The molecule has 9 aromatic rings. The lowest BCUT2D eigenvalue weighted by molar-refractivity contribution is 0.774. The van der Waals surface area contributed by atoms with Crippen LogP contribution in [0.3, 0.4) is 0 Å². The molecule has 78 heavy (non-hydrogen) atoms. The topological polar surface area (TPSA) is 142 Å². The maximum Gasteiger partial charge on any atom is 0.130 e. The Morgan fingerprint density at radius 3 is 1.22 bits per heavy atom. The summed E-state index contributed by atoms with van der Waals surface area (Å²) >= 11 is 5.02. The van der Waals surface area contributed by atoms with E-state index in [1.165, 1.54) is 25.9 Å². The maximum atomic E-state index is 4.18. The summed E-state index contributed by atoms with van der Waals surface area (Å²) < 4.78 is 3.99. The van der Waals surface area contributed by atoms with Gasteiger partial charge >= 0.3 is 0 Å². The van der Waals surface area contributed by atoms with Crippen LogP contribution in [0.5, 0.6) is 0 Å². The Labute approximate surface area is 482 Å². The van der Waals surface area contributed by atoms with Gasteiger partial charge in [0.1, 0.15) is 12.2 Å². The third-order valence-corrected chi connectivity index (χ3v) is 13.8. The summed E-state index contributed by atoms with van der Waals surface area (Å²) in [5, 5.41) is 3.24. The van der Waals surface area contributed by atoms with Gasteiger partial charge < -0.3 is 0 Å². The third kappa shape index (κ3) is 33.7. The van der Waals surface area contributed by atoms with E-state index in [2.05, 4.69) is 215 Å². The highest BCUT2D eigenvalue weighted by atomic mass is 32.1. The Morgan fingerprint density at radius 2 is 0.910 bits per heavy atom. The van der Waals surface area contributed by atoms with Gasteiger partial charge in [-0.05, 0) is 100 Å². The molecular formula is C64H91N11S3. The molecule has 11 nitrogen and oxygen atoms in total. The van der Waals surface area contributed by atoms with Crippen molar-refractivity contribution in [3.63, 3.8) is 0 Å². The standard InChI is InChI=1S/C9H12.2C8H11N.3C7H10N2.3C6H9NS/c1-8(2)9-6-4-3-5-7-9;1-7(2)8-4-3-5-9-6-8;1-7(2)8-5-3-4-6-9-8;1-6(2)7-5-8-3-4-9-7;1-6(2)7-3-4-8-5-9-7;1-6(2)7-8-4-3-5-9-7;1-5(2)6-3-7-4-8-6;1-5(2)6-7-3-4-8-6;1-5(2)6-3-4-7-8-6/h3-8H,1-2H3;2*3-7H,1-2H3;3*3-6H,1-2H3;3*3-5H,1-2H3. The Bertz CT molecular complexity index is 2210. The van der Waals surface area contributed by atoms with E-state index in [9.17, 15) is 0 Å². The largest absolute Gasteiger partial charge is 0.264 e. The molecule has 0 fully saturated rings. The average Bonchev–Trinajstić information content (AvgIpc) is 4.31. The second-order valence-electron chi connectivity index (χ2n) is 20.4. The molecule has 0 radical (unpaired) electrons. The summed E-state index contributed by atoms with van der Waals surface area (Å²) in [6.45, 7) is 38.6. The highest BCUT2D eigenvalue weighted by molar-refractivity contribution is 7.09. The van der Waals surface area contributed by atoms with E-state index in [1.54, 1.807) is 83.9 Å². The van der Waals surface area contributed by atoms with E-state index < -0.39 is 0 Å². The molecule has 1 aromatic carbocycles. The van der Waals surface area contributed by atoms with Crippen LogP contribution in [0.1, 0.15) is 227 Å². The number of hydrogen-bond donors (Lipinski definition) is 0. The zero-order chi connectivity index (χ0) is 58.1. The van der Waals surface area contributed by atoms with Crippen LogP contribution in [-0.2, 0) is 0 Å². The fraction of sp³-hybridized carbons (Fsp3) is 0.422. The first-order chi connectivity index (χ1) is 37.2. The zero-order valence-electron chi connectivity index (χ0n) is 50.0. The van der Waals surface area contributed by atoms with Gasteiger partial charge in [-0.25, -0.2) is 29.3 Å². The molecule has 0 atom stereocenters. The van der Waals surface area contributed by atoms with Crippen molar-refractivity contribution >= 4 is 34.2 Å². The van der Waals surface area contributed by atoms with E-state index in [0.29, 0.717) is 53.3 Å². The number of benzene rings is 1. The molecule has 9 rings (SSSR count). The van der Waals surface area contributed by atoms with Crippen LogP contribution in [0.25, 0.3) is 0 Å². The first kappa shape index (κ1) is 69.7. The molecule has 0 bridgehead atoms. The highest BCUT2D eigenvalue weighted by Crippen LogP contribution is 2.19. The number of rotatable bonds is 9. The molecule has 0 saturated heterocycles. The van der Waals surface area contributed by atoms with Gasteiger partial charge in [-0.15, -0.1) is 22.7 Å². The molecule has 0 spiro atoms. The van der Waals surface area contributed by atoms with Crippen molar-refractivity contribution in [1.82, 2.24) is 54.2 Å². The summed E-state index contributed by atoms with van der Waals surface area (Å²) in [5.74, 6) is 6.02. The smallest absolute Gasteiger partial charge is 0.130 e. The Morgan fingerprint density at radius 1 is 0.321 bits per heavy atom. The van der Waals surface area contributed by atoms with Crippen LogP contribution < -0.4 is 0 Å². The molecule has 0 saturated carbocycles. The predicted octanol–water partition coefficient (Wildman–Crippen LogP) is 18.8. The summed E-state index contributed by atoms with van der Waals surface area (Å²) in [6.07, 6.45) is 23.2. The van der Waals surface area contributed by atoms with Crippen molar-refractivity contribution in [2.75, 3.05) is 0 Å². The Kier molecular flexibility index (Phi) is 38.1. The molecule has 0 aliphatic rings. The van der Waals surface area contributed by atoms with Gasteiger partial charge in [0.25, 0.3) is 0 Å². The predicted molar refractivity (Wildman–Crippen MR) is 334 cm³/mol. The molecule has 0 aliphatic heterocycles. The van der Waals surface area contributed by atoms with Crippen LogP contribution in [0, 0.1) is 0 Å². The summed E-state index contributed by atoms with van der Waals surface area (Å²) in [7, 11) is 0. The van der Waals surface area contributed by atoms with Crippen LogP contribution in [0.2, 0.25) is 0 Å². The van der Waals surface area contributed by atoms with E-state index in [0.717, 1.165) is 22.9 Å². The van der Waals surface area contributed by atoms with Crippen molar-refractivity contribution in [2.24, 2.45) is 0 Å². The van der Waals surface area contributed by atoms with Gasteiger partial charge in [-0.3, -0.25) is 24.9 Å². The van der Waals surface area contributed by atoms with Gasteiger partial charge in [-0.2, -0.15) is 0 Å². The quantitative estimate of drug-likeness (QED) is 0.136. The van der Waals surface area contributed by atoms with Gasteiger partial charge in [0.15, 0.2) is 0 Å². The first-order valence-electron chi connectivity index (χ1n) is 27.1. The minimum Gasteiger partial charge on any atom is -0.264 e. The first-order valence-corrected chi connectivity index (χ1v) is 29.6. The molecule has 0 unspecified atom stereocenters. The van der Waals surface area contributed by atoms with Crippen molar-refractivity contribution < 1.29 is 0 Å². The SMILES string of the molecule is CC(C)c1ccccc1.CC(C)c1ccccn1.CC(C)c1cccnc1.CC(C)c1ccncn1.CC(C)c1ccns1.CC(C)c1cnccn1.CC(C)c1cncs1.CC(C)c1ncccn1.CC(C)c1nccs1. The van der Waals surface area contributed by atoms with Crippen molar-refractivity contribution in [1.29, 1.82) is 0 Å². The Hall–Kier alpha value is -6.35. The lowest BCUT2D eigenvalue weighted by atomic mass is 10.0. The van der Waals surface area contributed by atoms with Gasteiger partial charge in [0, 0.05) is 113 Å². The van der Waals surface area contributed by atoms with Crippen molar-refractivity contribution in [2.45, 2.75) is 178 Å². The monoisotopic (exact) mass is 1110 g/mol. The van der Waals surface area contributed by atoms with Gasteiger partial charge in [0.05, 0.1) is 16.2 Å². The fourth-order valence-corrected chi connectivity index (χ4v) is 7.56. The van der Waals surface area contributed by atoms with Gasteiger partial charge in [0.2, 0.25) is 0 Å². The van der Waals surface area contributed by atoms with Crippen molar-refractivity contribution in [3.05, 3.63) is 219 Å². The fourth-order valence-electron chi connectivity index (χ4n) is 5.69. The van der Waals surface area contributed by atoms with E-state index in [1.807, 2.05) is 84.3 Å². The normalized spacial score (nSPS) is 10.2. The summed E-state index contributed by atoms with van der Waals surface area (Å²) in [5.41, 5.74) is 7.91. The lowest BCUT2D eigenvalue weighted by Crippen LogP contribution is -1.93. The molecule has 0 aliphatic carbocycles. The average molecular weight is 1110 g/mol. The van der Waals surface area contributed by atoms with E-state index >= 15 is 0 Å². The second-order valence-corrected chi connectivity index (χ2v) is 23.1. The number of aromatic nitrogens is 11. The molecule has 8 heterocycles. The highest BCUT2D eigenvalue weighted by Gasteiger charge is 2.02. The minimum atomic E-state index is 0.436. The van der Waals surface area contributed by atoms with Gasteiger partial charge in [-0.1, -0.05) is 167 Å². The molecule has 0 amide bonds. The maximum absolute atomic E-state index is 4.18. The third-order valence-electron chi connectivity index (χ3n) is 10.6. The second kappa shape index (κ2) is 42.6. The molecular weight excluding hydrogens is 1020 g/mol. The minimum absolute atomic E-state index is 0.436. The van der Waals surface area contributed by atoms with Crippen LogP contribution in [-0.4, -0.2) is 54.2 Å². The summed E-state index contributed by atoms with van der Waals surface area (Å²) in [6, 6.07) is 26.4. The van der Waals surface area contributed by atoms with Crippen molar-refractivity contribution in [3.8, 4) is 0 Å². The number of pyridine rings is 2. The Balaban J connectivity index is 0.000000439. The molecule has 8 aromatic heterocycles. The molecule has 14 heteroatoms. The number of hydrogen-bond acceptors (Lipinski definition) is 14. The van der Waals surface area contributed by atoms with E-state index in [-0.39, 0.29) is 0 Å². The van der Waals surface area contributed by atoms with Crippen LogP contribution in [0.4, 0.5) is 0 Å². The van der Waals surface area contributed by atoms with E-state index in [4.69, 9.17) is 0 Å². The number of nitrogens with zero attached hydrogens (tertiary/aromatic N) is 11. The van der Waals surface area contributed by atoms with Crippen LogP contribution >= 0.6 is 34.2 Å². The summed E-state index contributed by atoms with van der Waals surface area (Å²) in [4.78, 5) is 43.1. The van der Waals surface area contributed by atoms with Crippen LogP contribution in [0.15, 0.2) is 170 Å².